The van der Waals surface area contributed by atoms with Crippen LogP contribution >= 0.6 is 0 Å². The third-order valence-corrected chi connectivity index (χ3v) is 6.89. The van der Waals surface area contributed by atoms with Crippen molar-refractivity contribution in [2.45, 2.75) is 44.6 Å². The largest absolute Gasteiger partial charge is 0.488 e. The summed E-state index contributed by atoms with van der Waals surface area (Å²) in [7, 11) is 0. The van der Waals surface area contributed by atoms with Gasteiger partial charge in [0.1, 0.15) is 12.4 Å². The van der Waals surface area contributed by atoms with E-state index in [9.17, 15) is 4.79 Å². The van der Waals surface area contributed by atoms with Crippen LogP contribution in [0.5, 0.6) is 5.75 Å². The number of para-hydroxylation sites is 1. The summed E-state index contributed by atoms with van der Waals surface area (Å²) in [6.07, 6.45) is 2.99. The van der Waals surface area contributed by atoms with Gasteiger partial charge in [-0.15, -0.1) is 0 Å². The fourth-order valence-electron chi connectivity index (χ4n) is 5.02. The molecule has 1 saturated carbocycles. The lowest BCUT2D eigenvalue weighted by Crippen LogP contribution is -2.41. The van der Waals surface area contributed by atoms with Gasteiger partial charge in [-0.05, 0) is 49.1 Å². The molecule has 176 valence electrons. The molecule has 4 aromatic rings. The Morgan fingerprint density at radius 3 is 2.66 bits per heavy atom. The van der Waals surface area contributed by atoms with Crippen molar-refractivity contribution >= 4 is 5.91 Å². The number of aromatic amines is 1. The lowest BCUT2D eigenvalue weighted by atomic mass is 9.99. The summed E-state index contributed by atoms with van der Waals surface area (Å²) in [6, 6.07) is 25.8. The first-order valence-electron chi connectivity index (χ1n) is 12.1. The fraction of sp³-hybridized carbons (Fsp3) is 0.241. The molecule has 0 radical (unpaired) electrons. The summed E-state index contributed by atoms with van der Waals surface area (Å²) in [6.45, 7) is 1.03. The van der Waals surface area contributed by atoms with Crippen LogP contribution in [0.25, 0.3) is 22.5 Å². The minimum atomic E-state index is -0.0712. The summed E-state index contributed by atoms with van der Waals surface area (Å²) in [4.78, 5) is 13.0. The normalized spacial score (nSPS) is 18.4. The van der Waals surface area contributed by atoms with Crippen LogP contribution in [0.2, 0.25) is 0 Å². The molecule has 1 fully saturated rings. The predicted molar refractivity (Wildman–Crippen MR) is 134 cm³/mol. The number of amides is 1. The second-order valence-corrected chi connectivity index (χ2v) is 9.13. The number of fused-ring (bicyclic) bond motifs is 3. The van der Waals surface area contributed by atoms with Gasteiger partial charge in [0, 0.05) is 22.3 Å². The Morgan fingerprint density at radius 2 is 1.80 bits per heavy atom. The van der Waals surface area contributed by atoms with Gasteiger partial charge < -0.3 is 14.8 Å². The fourth-order valence-corrected chi connectivity index (χ4v) is 5.02. The second kappa shape index (κ2) is 9.39. The van der Waals surface area contributed by atoms with Gasteiger partial charge in [-0.3, -0.25) is 9.89 Å². The quantitative estimate of drug-likeness (QED) is 0.394. The average Bonchev–Trinajstić information content (AvgIpc) is 3.55. The molecule has 1 aliphatic carbocycles. The molecule has 1 aromatic heterocycles. The van der Waals surface area contributed by atoms with E-state index in [1.165, 1.54) is 0 Å². The maximum atomic E-state index is 13.0. The highest BCUT2D eigenvalue weighted by molar-refractivity contribution is 5.95. The number of hydrogen-bond donors (Lipinski definition) is 2. The predicted octanol–water partition coefficient (Wildman–Crippen LogP) is 5.50. The summed E-state index contributed by atoms with van der Waals surface area (Å²) >= 11 is 0. The Balaban J connectivity index is 1.13. The minimum absolute atomic E-state index is 0.0291. The van der Waals surface area contributed by atoms with Crippen molar-refractivity contribution in [2.24, 2.45) is 0 Å². The molecule has 2 heterocycles. The van der Waals surface area contributed by atoms with E-state index in [2.05, 4.69) is 27.6 Å². The van der Waals surface area contributed by atoms with Crippen molar-refractivity contribution in [3.05, 3.63) is 95.6 Å². The lowest BCUT2D eigenvalue weighted by molar-refractivity contribution is 0.0272. The van der Waals surface area contributed by atoms with Gasteiger partial charge in [0.25, 0.3) is 5.91 Å². The third kappa shape index (κ3) is 4.33. The van der Waals surface area contributed by atoms with Crippen molar-refractivity contribution in [2.75, 3.05) is 0 Å². The number of nitrogens with one attached hydrogen (secondary N) is 2. The summed E-state index contributed by atoms with van der Waals surface area (Å²) < 4.78 is 12.1. The standard InChI is InChI=1S/C29H27N3O3/c33-29(30-24-10-6-12-26(24)34-17-19-7-2-1-3-8-19)21-15-13-20(14-16-21)27-23-18-35-25-11-5-4-9-22(25)28(23)32-31-27/h1-5,7-9,11,13-16,24,26H,6,10,12,17-18H2,(H,30,33)(H,31,32)/t24-,26-/m0/s1. The molecule has 1 aliphatic heterocycles. The van der Waals surface area contributed by atoms with E-state index in [-0.39, 0.29) is 18.1 Å². The number of H-pyrrole nitrogens is 1. The van der Waals surface area contributed by atoms with Crippen molar-refractivity contribution in [3.8, 4) is 28.3 Å². The molecule has 0 spiro atoms. The van der Waals surface area contributed by atoms with Gasteiger partial charge >= 0.3 is 0 Å². The third-order valence-electron chi connectivity index (χ3n) is 6.89. The van der Waals surface area contributed by atoms with E-state index in [1.807, 2.05) is 66.7 Å². The van der Waals surface area contributed by atoms with Crippen molar-refractivity contribution in [3.63, 3.8) is 0 Å². The molecule has 6 heteroatoms. The first-order valence-corrected chi connectivity index (χ1v) is 12.1. The van der Waals surface area contributed by atoms with Gasteiger partial charge in [-0.25, -0.2) is 0 Å². The molecule has 3 aromatic carbocycles. The highest BCUT2D eigenvalue weighted by Crippen LogP contribution is 2.39. The van der Waals surface area contributed by atoms with Crippen molar-refractivity contribution in [1.82, 2.24) is 15.5 Å². The topological polar surface area (TPSA) is 76.2 Å². The molecule has 2 aliphatic rings. The van der Waals surface area contributed by atoms with Crippen LogP contribution in [0, 0.1) is 0 Å². The number of benzene rings is 3. The number of nitrogens with zero attached hydrogens (tertiary/aromatic N) is 1. The van der Waals surface area contributed by atoms with Gasteiger partial charge in [0.2, 0.25) is 0 Å². The van der Waals surface area contributed by atoms with Crippen LogP contribution in [0.15, 0.2) is 78.9 Å². The summed E-state index contributed by atoms with van der Waals surface area (Å²) in [5, 5.41) is 10.9. The number of ether oxygens (including phenoxy) is 2. The zero-order valence-electron chi connectivity index (χ0n) is 19.4. The van der Waals surface area contributed by atoms with Crippen LogP contribution in [0.1, 0.15) is 40.7 Å². The Bertz CT molecular complexity index is 1330. The van der Waals surface area contributed by atoms with Crippen LogP contribution in [-0.4, -0.2) is 28.3 Å². The van der Waals surface area contributed by atoms with Crippen molar-refractivity contribution < 1.29 is 14.3 Å². The Hall–Kier alpha value is -3.90. The molecule has 2 N–H and O–H groups in total. The van der Waals surface area contributed by atoms with E-state index in [4.69, 9.17) is 9.47 Å². The van der Waals surface area contributed by atoms with E-state index in [0.717, 1.165) is 58.7 Å². The number of hydrogen-bond acceptors (Lipinski definition) is 4. The molecular formula is C29H27N3O3. The number of carbonyl (C=O) groups excluding carboxylic acids is 1. The highest BCUT2D eigenvalue weighted by Gasteiger charge is 2.30. The number of rotatable bonds is 6. The highest BCUT2D eigenvalue weighted by atomic mass is 16.5. The first kappa shape index (κ1) is 21.6. The minimum Gasteiger partial charge on any atom is -0.488 e. The van der Waals surface area contributed by atoms with Gasteiger partial charge in [0.05, 0.1) is 30.1 Å². The molecule has 35 heavy (non-hydrogen) atoms. The zero-order valence-corrected chi connectivity index (χ0v) is 19.4. The van der Waals surface area contributed by atoms with Crippen LogP contribution in [0.3, 0.4) is 0 Å². The van der Waals surface area contributed by atoms with Crippen LogP contribution in [0.4, 0.5) is 0 Å². The molecule has 1 amide bonds. The van der Waals surface area contributed by atoms with Crippen LogP contribution < -0.4 is 10.1 Å². The Labute approximate surface area is 204 Å². The maximum absolute atomic E-state index is 13.0. The number of aromatic nitrogens is 2. The SMILES string of the molecule is O=C(N[C@H]1CCC[C@@H]1OCc1ccccc1)c1ccc(-c2n[nH]c3c2COc2ccccc2-3)cc1. The number of carbonyl (C=O) groups is 1. The molecule has 6 nitrogen and oxygen atoms in total. The van der Waals surface area contributed by atoms with Gasteiger partial charge in [0.15, 0.2) is 0 Å². The zero-order chi connectivity index (χ0) is 23.6. The summed E-state index contributed by atoms with van der Waals surface area (Å²) in [5.41, 5.74) is 6.63. The van der Waals surface area contributed by atoms with E-state index < -0.39 is 0 Å². The molecule has 2 atom stereocenters. The van der Waals surface area contributed by atoms with Gasteiger partial charge in [-0.2, -0.15) is 5.10 Å². The second-order valence-electron chi connectivity index (χ2n) is 9.13. The lowest BCUT2D eigenvalue weighted by Gasteiger charge is -2.21. The molecule has 0 unspecified atom stereocenters. The van der Waals surface area contributed by atoms with E-state index in [1.54, 1.807) is 0 Å². The van der Waals surface area contributed by atoms with E-state index >= 15 is 0 Å². The molecule has 0 bridgehead atoms. The summed E-state index contributed by atoms with van der Waals surface area (Å²) in [5.74, 6) is 0.790. The van der Waals surface area contributed by atoms with Crippen LogP contribution in [-0.2, 0) is 18.0 Å². The molecular weight excluding hydrogens is 438 g/mol. The maximum Gasteiger partial charge on any atom is 0.251 e. The first-order chi connectivity index (χ1) is 17.3. The van der Waals surface area contributed by atoms with E-state index in [0.29, 0.717) is 18.8 Å². The Morgan fingerprint density at radius 1 is 1.00 bits per heavy atom. The molecule has 0 saturated heterocycles. The monoisotopic (exact) mass is 465 g/mol. The van der Waals surface area contributed by atoms with Crippen molar-refractivity contribution in [1.29, 1.82) is 0 Å². The smallest absolute Gasteiger partial charge is 0.251 e. The Kier molecular flexibility index (Phi) is 5.80. The van der Waals surface area contributed by atoms with Gasteiger partial charge in [-0.1, -0.05) is 54.6 Å². The molecule has 6 rings (SSSR count). The average molecular weight is 466 g/mol.